The fraction of sp³-hybridized carbons (Fsp3) is 0.176. The van der Waals surface area contributed by atoms with E-state index in [0.29, 0.717) is 26.5 Å². The maximum atomic E-state index is 12.2. The minimum absolute atomic E-state index is 0.357. The summed E-state index contributed by atoms with van der Waals surface area (Å²) in [5.74, 6) is -0.0514. The monoisotopic (exact) mass is 380 g/mol. The third-order valence-corrected chi connectivity index (χ3v) is 4.89. The highest BCUT2D eigenvalue weighted by Crippen LogP contribution is 2.28. The SMILES string of the molecule is CCCc1cc(OC(=O)c2cccs2)n(-c2ccc(Cl)c(Cl)c2)n1. The van der Waals surface area contributed by atoms with E-state index in [0.717, 1.165) is 18.5 Å². The Hall–Kier alpha value is -1.82. The molecule has 3 rings (SSSR count). The first-order valence-corrected chi connectivity index (χ1v) is 9.02. The zero-order valence-electron chi connectivity index (χ0n) is 12.8. The summed E-state index contributed by atoms with van der Waals surface area (Å²) in [5.41, 5.74) is 1.53. The lowest BCUT2D eigenvalue weighted by Crippen LogP contribution is -2.10. The maximum absolute atomic E-state index is 12.2. The van der Waals surface area contributed by atoms with Gasteiger partial charge in [-0.3, -0.25) is 0 Å². The van der Waals surface area contributed by atoms with Crippen LogP contribution in [0.1, 0.15) is 28.7 Å². The molecule has 0 fully saturated rings. The van der Waals surface area contributed by atoms with Crippen molar-refractivity contribution >= 4 is 40.5 Å². The number of thiophene rings is 1. The number of hydrogen-bond acceptors (Lipinski definition) is 4. The molecule has 4 nitrogen and oxygen atoms in total. The first kappa shape index (κ1) is 17.0. The van der Waals surface area contributed by atoms with Crippen molar-refractivity contribution < 1.29 is 9.53 Å². The molecule has 0 aliphatic rings. The first-order valence-electron chi connectivity index (χ1n) is 7.38. The Morgan fingerprint density at radius 1 is 1.25 bits per heavy atom. The molecule has 0 aliphatic carbocycles. The highest BCUT2D eigenvalue weighted by atomic mass is 35.5. The van der Waals surface area contributed by atoms with Gasteiger partial charge in [0.1, 0.15) is 4.88 Å². The van der Waals surface area contributed by atoms with Gasteiger partial charge in [0.2, 0.25) is 5.88 Å². The van der Waals surface area contributed by atoms with Crippen LogP contribution in [0.4, 0.5) is 0 Å². The smallest absolute Gasteiger partial charge is 0.355 e. The second-order valence-electron chi connectivity index (χ2n) is 5.10. The number of esters is 1. The van der Waals surface area contributed by atoms with E-state index in [2.05, 4.69) is 12.0 Å². The molecule has 0 radical (unpaired) electrons. The Morgan fingerprint density at radius 2 is 2.08 bits per heavy atom. The average Bonchev–Trinajstić information content (AvgIpc) is 3.20. The number of nitrogens with zero attached hydrogens (tertiary/aromatic N) is 2. The third-order valence-electron chi connectivity index (χ3n) is 3.30. The highest BCUT2D eigenvalue weighted by molar-refractivity contribution is 7.12. The number of aryl methyl sites for hydroxylation is 1. The summed E-state index contributed by atoms with van der Waals surface area (Å²) in [6, 6.07) is 10.5. The van der Waals surface area contributed by atoms with Crippen molar-refractivity contribution in [1.29, 1.82) is 0 Å². The Bertz CT molecular complexity index is 860. The number of carbonyl (C=O) groups is 1. The van der Waals surface area contributed by atoms with E-state index in [-0.39, 0.29) is 0 Å². The summed E-state index contributed by atoms with van der Waals surface area (Å²) in [4.78, 5) is 12.8. The van der Waals surface area contributed by atoms with Crippen molar-refractivity contribution in [3.8, 4) is 11.6 Å². The largest absolute Gasteiger partial charge is 0.403 e. The van der Waals surface area contributed by atoms with E-state index >= 15 is 0 Å². The van der Waals surface area contributed by atoms with Crippen LogP contribution in [-0.4, -0.2) is 15.7 Å². The van der Waals surface area contributed by atoms with Gasteiger partial charge in [0, 0.05) is 6.07 Å². The molecule has 124 valence electrons. The van der Waals surface area contributed by atoms with Gasteiger partial charge in [0.15, 0.2) is 0 Å². The lowest BCUT2D eigenvalue weighted by atomic mass is 10.2. The van der Waals surface area contributed by atoms with Crippen LogP contribution in [0.2, 0.25) is 10.0 Å². The molecule has 2 aromatic heterocycles. The highest BCUT2D eigenvalue weighted by Gasteiger charge is 2.17. The Kier molecular flexibility index (Phi) is 5.23. The van der Waals surface area contributed by atoms with Gasteiger partial charge in [-0.25, -0.2) is 9.48 Å². The van der Waals surface area contributed by atoms with Gasteiger partial charge >= 0.3 is 5.97 Å². The predicted molar refractivity (Wildman–Crippen MR) is 96.9 cm³/mol. The molecule has 1 aromatic carbocycles. The molecule has 3 aromatic rings. The van der Waals surface area contributed by atoms with E-state index in [1.54, 1.807) is 41.1 Å². The van der Waals surface area contributed by atoms with Crippen molar-refractivity contribution in [3.63, 3.8) is 0 Å². The van der Waals surface area contributed by atoms with Crippen LogP contribution in [0.15, 0.2) is 41.8 Å². The minimum Gasteiger partial charge on any atom is -0.403 e. The van der Waals surface area contributed by atoms with E-state index in [1.807, 2.05) is 5.38 Å². The lowest BCUT2D eigenvalue weighted by molar-refractivity contribution is 0.0728. The van der Waals surface area contributed by atoms with Crippen molar-refractivity contribution in [1.82, 2.24) is 9.78 Å². The molecule has 0 unspecified atom stereocenters. The Balaban J connectivity index is 1.97. The van der Waals surface area contributed by atoms with Crippen LogP contribution < -0.4 is 4.74 Å². The van der Waals surface area contributed by atoms with Gasteiger partial charge in [-0.2, -0.15) is 5.10 Å². The van der Waals surface area contributed by atoms with Crippen molar-refractivity contribution in [3.05, 3.63) is 62.4 Å². The fourth-order valence-electron chi connectivity index (χ4n) is 2.20. The topological polar surface area (TPSA) is 44.1 Å². The molecular formula is C17H14Cl2N2O2S. The van der Waals surface area contributed by atoms with Crippen molar-refractivity contribution in [2.75, 3.05) is 0 Å². The molecule has 0 amide bonds. The minimum atomic E-state index is -0.408. The first-order chi connectivity index (χ1) is 11.6. The third kappa shape index (κ3) is 3.64. The zero-order chi connectivity index (χ0) is 17.1. The van der Waals surface area contributed by atoms with Gasteiger partial charge in [0.05, 0.1) is 21.4 Å². The van der Waals surface area contributed by atoms with Crippen LogP contribution in [0.3, 0.4) is 0 Å². The number of rotatable bonds is 5. The molecule has 0 N–H and O–H groups in total. The molecule has 0 spiro atoms. The van der Waals surface area contributed by atoms with Crippen LogP contribution in [0, 0.1) is 0 Å². The second kappa shape index (κ2) is 7.38. The maximum Gasteiger partial charge on any atom is 0.355 e. The van der Waals surface area contributed by atoms with Gasteiger partial charge in [0.25, 0.3) is 0 Å². The predicted octanol–water partition coefficient (Wildman–Crippen LogP) is 5.41. The molecule has 0 saturated heterocycles. The molecule has 7 heteroatoms. The number of ether oxygens (including phenoxy) is 1. The number of carbonyl (C=O) groups excluding carboxylic acids is 1. The van der Waals surface area contributed by atoms with Gasteiger partial charge in [-0.1, -0.05) is 42.6 Å². The standard InChI is InChI=1S/C17H14Cl2N2O2S/c1-2-4-11-9-16(23-17(22)15-5-3-8-24-15)21(20-11)12-6-7-13(18)14(19)10-12/h3,5-10H,2,4H2,1H3. The van der Waals surface area contributed by atoms with Gasteiger partial charge < -0.3 is 4.74 Å². The van der Waals surface area contributed by atoms with E-state index < -0.39 is 5.97 Å². The number of benzene rings is 1. The van der Waals surface area contributed by atoms with Gasteiger partial charge in [-0.05, 0) is 36.1 Å². The summed E-state index contributed by atoms with van der Waals surface area (Å²) in [6.45, 7) is 2.06. The summed E-state index contributed by atoms with van der Waals surface area (Å²) < 4.78 is 7.11. The van der Waals surface area contributed by atoms with E-state index in [4.69, 9.17) is 27.9 Å². The van der Waals surface area contributed by atoms with Crippen LogP contribution in [-0.2, 0) is 6.42 Å². The lowest BCUT2D eigenvalue weighted by Gasteiger charge is -2.08. The zero-order valence-corrected chi connectivity index (χ0v) is 15.2. The molecule has 2 heterocycles. The van der Waals surface area contributed by atoms with E-state index in [1.165, 1.54) is 11.3 Å². The molecule has 0 aliphatic heterocycles. The molecule has 0 bridgehead atoms. The number of hydrogen-bond donors (Lipinski definition) is 0. The molecule has 24 heavy (non-hydrogen) atoms. The summed E-state index contributed by atoms with van der Waals surface area (Å²) >= 11 is 13.4. The fourth-order valence-corrected chi connectivity index (χ4v) is 3.09. The summed E-state index contributed by atoms with van der Waals surface area (Å²) in [7, 11) is 0. The summed E-state index contributed by atoms with van der Waals surface area (Å²) in [5, 5.41) is 7.22. The normalized spacial score (nSPS) is 10.8. The number of halogens is 2. The van der Waals surface area contributed by atoms with Crippen LogP contribution in [0.5, 0.6) is 5.88 Å². The molecule has 0 saturated carbocycles. The van der Waals surface area contributed by atoms with Crippen molar-refractivity contribution in [2.24, 2.45) is 0 Å². The average molecular weight is 381 g/mol. The Morgan fingerprint density at radius 3 is 2.75 bits per heavy atom. The summed E-state index contributed by atoms with van der Waals surface area (Å²) in [6.07, 6.45) is 1.73. The number of aromatic nitrogens is 2. The van der Waals surface area contributed by atoms with Crippen molar-refractivity contribution in [2.45, 2.75) is 19.8 Å². The second-order valence-corrected chi connectivity index (χ2v) is 6.86. The van der Waals surface area contributed by atoms with Crippen LogP contribution in [0.25, 0.3) is 5.69 Å². The molecule has 0 atom stereocenters. The quantitative estimate of drug-likeness (QED) is 0.555. The molecular weight excluding hydrogens is 367 g/mol. The Labute approximate surface area is 153 Å². The van der Waals surface area contributed by atoms with Gasteiger partial charge in [-0.15, -0.1) is 11.3 Å². The van der Waals surface area contributed by atoms with Crippen LogP contribution >= 0.6 is 34.5 Å². The van der Waals surface area contributed by atoms with E-state index in [9.17, 15) is 4.79 Å².